The molecule has 0 N–H and O–H groups in total. The lowest BCUT2D eigenvalue weighted by molar-refractivity contribution is -0.133. The van der Waals surface area contributed by atoms with Crippen molar-refractivity contribution in [3.63, 3.8) is 0 Å². The standard InChI is InChI=1S/C15H19ClFN3O/c1-19(15(21)10-2-3-10)12-4-6-20(7-5-12)14-13(17)8-11(16)9-18-14/h8-10,12H,2-7H2,1H3. The van der Waals surface area contributed by atoms with E-state index in [4.69, 9.17) is 11.6 Å². The summed E-state index contributed by atoms with van der Waals surface area (Å²) in [6.45, 7) is 1.41. The number of piperidine rings is 1. The van der Waals surface area contributed by atoms with E-state index in [1.54, 1.807) is 0 Å². The number of carbonyl (C=O) groups is 1. The topological polar surface area (TPSA) is 36.4 Å². The molecule has 4 nitrogen and oxygen atoms in total. The first-order valence-corrected chi connectivity index (χ1v) is 7.76. The van der Waals surface area contributed by atoms with Gasteiger partial charge in [-0.05, 0) is 31.7 Å². The third-order valence-electron chi connectivity index (χ3n) is 4.37. The quantitative estimate of drug-likeness (QED) is 0.861. The van der Waals surface area contributed by atoms with Gasteiger partial charge in [0.25, 0.3) is 0 Å². The third kappa shape index (κ3) is 3.12. The van der Waals surface area contributed by atoms with E-state index in [2.05, 4.69) is 4.98 Å². The molecule has 1 saturated carbocycles. The van der Waals surface area contributed by atoms with E-state index < -0.39 is 0 Å². The predicted octanol–water partition coefficient (Wildman–Crippen LogP) is 2.71. The fourth-order valence-electron chi connectivity index (χ4n) is 2.90. The fourth-order valence-corrected chi connectivity index (χ4v) is 3.05. The van der Waals surface area contributed by atoms with E-state index in [9.17, 15) is 9.18 Å². The van der Waals surface area contributed by atoms with Crippen molar-refractivity contribution in [3.8, 4) is 0 Å². The molecule has 6 heteroatoms. The van der Waals surface area contributed by atoms with Crippen molar-refractivity contribution in [2.45, 2.75) is 31.7 Å². The molecule has 0 atom stereocenters. The van der Waals surface area contributed by atoms with Crippen molar-refractivity contribution < 1.29 is 9.18 Å². The van der Waals surface area contributed by atoms with Crippen molar-refractivity contribution >= 4 is 23.3 Å². The number of hydrogen-bond donors (Lipinski definition) is 0. The summed E-state index contributed by atoms with van der Waals surface area (Å²) in [6, 6.07) is 1.54. The van der Waals surface area contributed by atoms with Crippen LogP contribution in [0.15, 0.2) is 12.3 Å². The van der Waals surface area contributed by atoms with Crippen molar-refractivity contribution in [1.29, 1.82) is 0 Å². The van der Waals surface area contributed by atoms with Crippen LogP contribution < -0.4 is 4.90 Å². The molecule has 0 aromatic carbocycles. The molecule has 0 radical (unpaired) electrons. The molecule has 114 valence electrons. The summed E-state index contributed by atoms with van der Waals surface area (Å²) in [6.07, 6.45) is 5.22. The van der Waals surface area contributed by atoms with E-state index in [0.717, 1.165) is 25.7 Å². The lowest BCUT2D eigenvalue weighted by Gasteiger charge is -2.37. The Bertz CT molecular complexity index is 542. The van der Waals surface area contributed by atoms with Crippen LogP contribution in [0.1, 0.15) is 25.7 Å². The molecule has 1 aliphatic carbocycles. The lowest BCUT2D eigenvalue weighted by Crippen LogP contribution is -2.46. The molecule has 1 amide bonds. The van der Waals surface area contributed by atoms with Crippen LogP contribution in [0.3, 0.4) is 0 Å². The highest BCUT2D eigenvalue weighted by molar-refractivity contribution is 6.30. The van der Waals surface area contributed by atoms with Gasteiger partial charge in [0.2, 0.25) is 5.91 Å². The highest BCUT2D eigenvalue weighted by atomic mass is 35.5. The minimum absolute atomic E-state index is 0.253. The van der Waals surface area contributed by atoms with Crippen molar-refractivity contribution in [3.05, 3.63) is 23.1 Å². The molecular formula is C15H19ClFN3O. The molecule has 2 fully saturated rings. The molecule has 0 unspecified atom stereocenters. The summed E-state index contributed by atoms with van der Waals surface area (Å²) in [5.74, 6) is 0.491. The van der Waals surface area contributed by atoms with Gasteiger partial charge in [-0.3, -0.25) is 4.79 Å². The summed E-state index contributed by atoms with van der Waals surface area (Å²) in [5, 5.41) is 0.306. The summed E-state index contributed by atoms with van der Waals surface area (Å²) < 4.78 is 13.9. The number of aromatic nitrogens is 1. The smallest absolute Gasteiger partial charge is 0.225 e. The van der Waals surface area contributed by atoms with Gasteiger partial charge in [0.05, 0.1) is 5.02 Å². The highest BCUT2D eigenvalue weighted by Gasteiger charge is 2.35. The Hall–Kier alpha value is -1.36. The zero-order chi connectivity index (χ0) is 15.0. The number of hydrogen-bond acceptors (Lipinski definition) is 3. The largest absolute Gasteiger partial charge is 0.354 e. The Kier molecular flexibility index (Phi) is 4.02. The second kappa shape index (κ2) is 5.79. The van der Waals surface area contributed by atoms with Gasteiger partial charge in [0.1, 0.15) is 0 Å². The molecule has 1 aliphatic heterocycles. The monoisotopic (exact) mass is 311 g/mol. The van der Waals surface area contributed by atoms with Crippen molar-refractivity contribution in [1.82, 2.24) is 9.88 Å². The van der Waals surface area contributed by atoms with Crippen LogP contribution >= 0.6 is 11.6 Å². The molecule has 1 aromatic rings. The average Bonchev–Trinajstić information content (AvgIpc) is 3.31. The summed E-state index contributed by atoms with van der Waals surface area (Å²) >= 11 is 5.73. The summed E-state index contributed by atoms with van der Waals surface area (Å²) in [5.41, 5.74) is 0. The zero-order valence-corrected chi connectivity index (χ0v) is 12.8. The first-order chi connectivity index (χ1) is 10.1. The van der Waals surface area contributed by atoms with E-state index in [1.807, 2.05) is 16.8 Å². The van der Waals surface area contributed by atoms with Gasteiger partial charge in [-0.2, -0.15) is 0 Å². The van der Waals surface area contributed by atoms with Crippen LogP contribution in [0.4, 0.5) is 10.2 Å². The van der Waals surface area contributed by atoms with Gasteiger partial charge in [0.15, 0.2) is 11.6 Å². The average molecular weight is 312 g/mol. The van der Waals surface area contributed by atoms with Crippen LogP contribution in [-0.2, 0) is 4.79 Å². The molecule has 1 aromatic heterocycles. The molecule has 2 heterocycles. The van der Waals surface area contributed by atoms with Crippen molar-refractivity contribution in [2.24, 2.45) is 5.92 Å². The van der Waals surface area contributed by atoms with Gasteiger partial charge in [0, 0.05) is 38.3 Å². The van der Waals surface area contributed by atoms with Crippen LogP contribution in [0.5, 0.6) is 0 Å². The maximum atomic E-state index is 13.9. The Morgan fingerprint density at radius 2 is 2.05 bits per heavy atom. The van der Waals surface area contributed by atoms with Crippen LogP contribution in [0.2, 0.25) is 5.02 Å². The van der Waals surface area contributed by atoms with Gasteiger partial charge in [-0.1, -0.05) is 11.6 Å². The van der Waals surface area contributed by atoms with Crippen molar-refractivity contribution in [2.75, 3.05) is 25.0 Å². The maximum Gasteiger partial charge on any atom is 0.225 e. The summed E-state index contributed by atoms with van der Waals surface area (Å²) in [4.78, 5) is 20.0. The van der Waals surface area contributed by atoms with Gasteiger partial charge < -0.3 is 9.80 Å². The van der Waals surface area contributed by atoms with Crippen LogP contribution in [0, 0.1) is 11.7 Å². The van der Waals surface area contributed by atoms with Crippen LogP contribution in [0.25, 0.3) is 0 Å². The first kappa shape index (κ1) is 14.6. The Morgan fingerprint density at radius 1 is 1.38 bits per heavy atom. The SMILES string of the molecule is CN(C(=O)C1CC1)C1CCN(c2ncc(Cl)cc2F)CC1. The lowest BCUT2D eigenvalue weighted by atomic mass is 10.0. The molecule has 2 aliphatic rings. The van der Waals surface area contributed by atoms with Gasteiger partial charge in [-0.25, -0.2) is 9.37 Å². The highest BCUT2D eigenvalue weighted by Crippen LogP contribution is 2.32. The molecule has 3 rings (SSSR count). The molecule has 1 saturated heterocycles. The zero-order valence-electron chi connectivity index (χ0n) is 12.1. The van der Waals surface area contributed by atoms with Gasteiger partial charge >= 0.3 is 0 Å². The third-order valence-corrected chi connectivity index (χ3v) is 4.58. The fraction of sp³-hybridized carbons (Fsp3) is 0.600. The van der Waals surface area contributed by atoms with Gasteiger partial charge in [-0.15, -0.1) is 0 Å². The molecule has 21 heavy (non-hydrogen) atoms. The minimum atomic E-state index is -0.386. The molecule has 0 spiro atoms. The van der Waals surface area contributed by atoms with Crippen LogP contribution in [-0.4, -0.2) is 42.0 Å². The number of nitrogens with zero attached hydrogens (tertiary/aromatic N) is 3. The second-order valence-corrected chi connectivity index (χ2v) is 6.34. The number of amides is 1. The predicted molar refractivity (Wildman–Crippen MR) is 79.9 cm³/mol. The Morgan fingerprint density at radius 3 is 2.62 bits per heavy atom. The minimum Gasteiger partial charge on any atom is -0.354 e. The number of halogens is 2. The first-order valence-electron chi connectivity index (χ1n) is 7.39. The number of rotatable bonds is 3. The van der Waals surface area contributed by atoms with E-state index in [-0.39, 0.29) is 23.7 Å². The molecule has 0 bridgehead atoms. The van der Waals surface area contributed by atoms with E-state index in [0.29, 0.717) is 23.9 Å². The Labute approximate surface area is 128 Å². The van der Waals surface area contributed by atoms with E-state index in [1.165, 1.54) is 12.3 Å². The normalized spacial score (nSPS) is 19.7. The summed E-state index contributed by atoms with van der Waals surface area (Å²) in [7, 11) is 1.89. The Balaban J connectivity index is 1.60. The maximum absolute atomic E-state index is 13.9. The molecular weight excluding hydrogens is 293 g/mol. The number of carbonyl (C=O) groups excluding carboxylic acids is 1. The number of pyridine rings is 1. The van der Waals surface area contributed by atoms with E-state index >= 15 is 0 Å². The second-order valence-electron chi connectivity index (χ2n) is 5.90. The number of anilines is 1.